The zero-order chi connectivity index (χ0) is 17.5. The molecule has 0 saturated carbocycles. The summed E-state index contributed by atoms with van der Waals surface area (Å²) in [6, 6.07) is 11.6. The van der Waals surface area contributed by atoms with E-state index in [0.717, 1.165) is 29.9 Å². The van der Waals surface area contributed by atoms with Gasteiger partial charge in [-0.3, -0.25) is 9.88 Å². The molecule has 1 aromatic heterocycles. The number of carbonyl (C=O) groups is 1. The van der Waals surface area contributed by atoms with Crippen LogP contribution in [0, 0.1) is 6.92 Å². The fourth-order valence-corrected chi connectivity index (χ4v) is 3.01. The van der Waals surface area contributed by atoms with Gasteiger partial charge in [0.2, 0.25) is 0 Å². The van der Waals surface area contributed by atoms with Crippen LogP contribution in [0.3, 0.4) is 0 Å². The summed E-state index contributed by atoms with van der Waals surface area (Å²) in [5.74, 6) is 0. The van der Waals surface area contributed by atoms with Gasteiger partial charge in [-0.05, 0) is 36.2 Å². The first-order valence-electron chi connectivity index (χ1n) is 8.55. The summed E-state index contributed by atoms with van der Waals surface area (Å²) in [4.78, 5) is 18.8. The highest BCUT2D eigenvalue weighted by Gasteiger charge is 2.23. The van der Waals surface area contributed by atoms with Crippen LogP contribution in [0.15, 0.2) is 48.8 Å². The molecule has 1 aliphatic heterocycles. The SMILES string of the molecule is Cc1cccc(NC(=O)NC[C@@H](c2cccnc2)N2CCOCC2)c1. The quantitative estimate of drug-likeness (QED) is 0.878. The highest BCUT2D eigenvalue weighted by atomic mass is 16.5. The molecule has 1 atom stereocenters. The van der Waals surface area contributed by atoms with Gasteiger partial charge in [-0.15, -0.1) is 0 Å². The van der Waals surface area contributed by atoms with Crippen molar-refractivity contribution in [2.45, 2.75) is 13.0 Å². The number of hydrogen-bond donors (Lipinski definition) is 2. The Morgan fingerprint density at radius 1 is 1.28 bits per heavy atom. The number of hydrogen-bond acceptors (Lipinski definition) is 4. The van der Waals surface area contributed by atoms with Crippen molar-refractivity contribution in [3.8, 4) is 0 Å². The normalized spacial score (nSPS) is 16.2. The average Bonchev–Trinajstić information content (AvgIpc) is 2.64. The molecule has 2 heterocycles. The Balaban J connectivity index is 1.62. The molecule has 1 aromatic carbocycles. The number of pyridine rings is 1. The van der Waals surface area contributed by atoms with Crippen LogP contribution in [0.4, 0.5) is 10.5 Å². The lowest BCUT2D eigenvalue weighted by Crippen LogP contribution is -2.44. The van der Waals surface area contributed by atoms with Gasteiger partial charge in [-0.1, -0.05) is 18.2 Å². The number of nitrogens with zero attached hydrogens (tertiary/aromatic N) is 2. The summed E-state index contributed by atoms with van der Waals surface area (Å²) in [5, 5.41) is 5.87. The van der Waals surface area contributed by atoms with E-state index >= 15 is 0 Å². The molecule has 25 heavy (non-hydrogen) atoms. The van der Waals surface area contributed by atoms with Gasteiger partial charge < -0.3 is 15.4 Å². The van der Waals surface area contributed by atoms with Gasteiger partial charge in [0, 0.05) is 37.7 Å². The van der Waals surface area contributed by atoms with Crippen molar-refractivity contribution in [2.75, 3.05) is 38.2 Å². The molecule has 132 valence electrons. The Labute approximate surface area is 148 Å². The molecule has 0 bridgehead atoms. The molecule has 0 radical (unpaired) electrons. The minimum atomic E-state index is -0.201. The van der Waals surface area contributed by atoms with Crippen LogP contribution in [0.25, 0.3) is 0 Å². The molecule has 0 spiro atoms. The maximum absolute atomic E-state index is 12.3. The molecule has 0 aliphatic carbocycles. The van der Waals surface area contributed by atoms with E-state index in [-0.39, 0.29) is 12.1 Å². The van der Waals surface area contributed by atoms with Crippen LogP contribution in [-0.2, 0) is 4.74 Å². The number of nitrogens with one attached hydrogen (secondary N) is 2. The lowest BCUT2D eigenvalue weighted by atomic mass is 10.1. The lowest BCUT2D eigenvalue weighted by Gasteiger charge is -2.34. The molecule has 2 aromatic rings. The molecule has 1 aliphatic rings. The number of anilines is 1. The highest BCUT2D eigenvalue weighted by Crippen LogP contribution is 2.20. The van der Waals surface area contributed by atoms with Gasteiger partial charge in [0.1, 0.15) is 0 Å². The molecular formula is C19H24N4O2. The van der Waals surface area contributed by atoms with E-state index in [9.17, 15) is 4.79 Å². The average molecular weight is 340 g/mol. The Morgan fingerprint density at radius 3 is 2.84 bits per heavy atom. The number of carbonyl (C=O) groups excluding carboxylic acids is 1. The van der Waals surface area contributed by atoms with E-state index in [0.29, 0.717) is 19.8 Å². The Hall–Kier alpha value is -2.44. The second kappa shape index (κ2) is 8.60. The molecule has 1 fully saturated rings. The van der Waals surface area contributed by atoms with Crippen molar-refractivity contribution in [2.24, 2.45) is 0 Å². The van der Waals surface area contributed by atoms with E-state index < -0.39 is 0 Å². The summed E-state index contributed by atoms with van der Waals surface area (Å²) >= 11 is 0. The van der Waals surface area contributed by atoms with Gasteiger partial charge in [0.05, 0.1) is 19.3 Å². The summed E-state index contributed by atoms with van der Waals surface area (Å²) < 4.78 is 5.44. The van der Waals surface area contributed by atoms with Gasteiger partial charge in [-0.2, -0.15) is 0 Å². The highest BCUT2D eigenvalue weighted by molar-refractivity contribution is 5.89. The van der Waals surface area contributed by atoms with E-state index in [1.54, 1.807) is 6.20 Å². The molecule has 6 nitrogen and oxygen atoms in total. The molecule has 6 heteroatoms. The standard InChI is InChI=1S/C19H24N4O2/c1-15-4-2-6-17(12-15)22-19(24)21-14-18(16-5-3-7-20-13-16)23-8-10-25-11-9-23/h2-7,12-13,18H,8-11,14H2,1H3,(H2,21,22,24)/t18-/m0/s1. The summed E-state index contributed by atoms with van der Waals surface area (Å²) in [6.45, 7) is 5.64. The fraction of sp³-hybridized carbons (Fsp3) is 0.368. The van der Waals surface area contributed by atoms with Crippen LogP contribution in [0.2, 0.25) is 0 Å². The van der Waals surface area contributed by atoms with Crippen LogP contribution >= 0.6 is 0 Å². The molecular weight excluding hydrogens is 316 g/mol. The van der Waals surface area contributed by atoms with Crippen LogP contribution in [-0.4, -0.2) is 48.8 Å². The Kier molecular flexibility index (Phi) is 5.98. The first-order valence-corrected chi connectivity index (χ1v) is 8.55. The number of amides is 2. The van der Waals surface area contributed by atoms with E-state index in [1.165, 1.54) is 0 Å². The van der Waals surface area contributed by atoms with Crippen molar-refractivity contribution in [3.05, 3.63) is 59.9 Å². The van der Waals surface area contributed by atoms with Crippen molar-refractivity contribution < 1.29 is 9.53 Å². The monoisotopic (exact) mass is 340 g/mol. The van der Waals surface area contributed by atoms with Gasteiger partial charge in [0.25, 0.3) is 0 Å². The van der Waals surface area contributed by atoms with Crippen LogP contribution < -0.4 is 10.6 Å². The van der Waals surface area contributed by atoms with E-state index in [2.05, 4.69) is 20.5 Å². The molecule has 3 rings (SSSR count). The molecule has 1 saturated heterocycles. The lowest BCUT2D eigenvalue weighted by molar-refractivity contribution is 0.0167. The summed E-state index contributed by atoms with van der Waals surface area (Å²) in [5.41, 5.74) is 3.00. The number of aryl methyl sites for hydroxylation is 1. The number of benzene rings is 1. The van der Waals surface area contributed by atoms with Gasteiger partial charge in [0.15, 0.2) is 0 Å². The number of rotatable bonds is 5. The van der Waals surface area contributed by atoms with Crippen molar-refractivity contribution in [3.63, 3.8) is 0 Å². The van der Waals surface area contributed by atoms with Gasteiger partial charge >= 0.3 is 6.03 Å². The predicted octanol–water partition coefficient (Wildman–Crippen LogP) is 2.59. The zero-order valence-electron chi connectivity index (χ0n) is 14.4. The summed E-state index contributed by atoms with van der Waals surface area (Å²) in [6.07, 6.45) is 3.62. The first kappa shape index (κ1) is 17.4. The maximum atomic E-state index is 12.3. The first-order chi connectivity index (χ1) is 12.2. The molecule has 2 amide bonds. The maximum Gasteiger partial charge on any atom is 0.319 e. The van der Waals surface area contributed by atoms with E-state index in [1.807, 2.05) is 49.5 Å². The van der Waals surface area contributed by atoms with Crippen molar-refractivity contribution in [1.29, 1.82) is 0 Å². The Bertz CT molecular complexity index is 687. The number of ether oxygens (including phenoxy) is 1. The molecule has 0 unspecified atom stereocenters. The third-order valence-corrected chi connectivity index (χ3v) is 4.29. The summed E-state index contributed by atoms with van der Waals surface area (Å²) in [7, 11) is 0. The topological polar surface area (TPSA) is 66.5 Å². The predicted molar refractivity (Wildman–Crippen MR) is 97.6 cm³/mol. The number of morpholine rings is 1. The smallest absolute Gasteiger partial charge is 0.319 e. The third kappa shape index (κ3) is 5.01. The van der Waals surface area contributed by atoms with Crippen molar-refractivity contribution >= 4 is 11.7 Å². The van der Waals surface area contributed by atoms with Crippen LogP contribution in [0.5, 0.6) is 0 Å². The van der Waals surface area contributed by atoms with Gasteiger partial charge in [-0.25, -0.2) is 4.79 Å². The zero-order valence-corrected chi connectivity index (χ0v) is 14.4. The minimum absolute atomic E-state index is 0.0841. The Morgan fingerprint density at radius 2 is 2.12 bits per heavy atom. The van der Waals surface area contributed by atoms with E-state index in [4.69, 9.17) is 4.74 Å². The number of aromatic nitrogens is 1. The molecule has 2 N–H and O–H groups in total. The largest absolute Gasteiger partial charge is 0.379 e. The van der Waals surface area contributed by atoms with Crippen molar-refractivity contribution in [1.82, 2.24) is 15.2 Å². The second-order valence-corrected chi connectivity index (χ2v) is 6.16. The second-order valence-electron chi connectivity index (χ2n) is 6.16. The number of urea groups is 1. The third-order valence-electron chi connectivity index (χ3n) is 4.29. The fourth-order valence-electron chi connectivity index (χ4n) is 3.01. The minimum Gasteiger partial charge on any atom is -0.379 e. The van der Waals surface area contributed by atoms with Crippen LogP contribution in [0.1, 0.15) is 17.2 Å².